The average Bonchev–Trinajstić information content (AvgIpc) is 3.47. The van der Waals surface area contributed by atoms with Crippen molar-refractivity contribution in [1.29, 1.82) is 0 Å². The Hall–Kier alpha value is -4.75. The second-order valence-corrected chi connectivity index (χ2v) is 20.9. The molecule has 0 aliphatic carbocycles. The standard InChI is InChI=1S/C58H77NO18S/c1-39-33-46(77-78(63,64)65)50(62)57(72-39)75-52-47(38-67-34-42-23-13-9-14-24-42)74-56(68-32-22-8-6-5-7-21-31-48(61)66-4)49(59-41(3)60)53(52)76-58-55(71-37-45-29-19-12-20-30-45)54(70-36-44-27-17-11-18-28-44)51(40(2)73-58)69-35-43-25-15-10-16-26-43/h9-20,23-30,39-40,46-47,49-58,62H,5-8,21-22,31-38H2,1-4H3,(H,59,60)(H,63,64,65)/t39-,40+,46+,47-,49-,50-,51-,52-,53-,54-,55+,56-,57+,58+/m1/s1. The predicted molar refractivity (Wildman–Crippen MR) is 283 cm³/mol. The molecule has 3 N–H and O–H groups in total. The molecule has 0 aromatic heterocycles. The Morgan fingerprint density at radius 2 is 1.12 bits per heavy atom. The molecule has 1 amide bonds. The first-order valence-corrected chi connectivity index (χ1v) is 28.3. The highest BCUT2D eigenvalue weighted by Gasteiger charge is 2.55. The highest BCUT2D eigenvalue weighted by atomic mass is 32.3. The summed E-state index contributed by atoms with van der Waals surface area (Å²) in [5.74, 6) is -0.698. The van der Waals surface area contributed by atoms with Crippen LogP contribution in [0.15, 0.2) is 121 Å². The van der Waals surface area contributed by atoms with Gasteiger partial charge in [-0.3, -0.25) is 14.1 Å². The number of rotatable bonds is 30. The number of hydrogen-bond acceptors (Lipinski definition) is 17. The highest BCUT2D eigenvalue weighted by molar-refractivity contribution is 7.80. The van der Waals surface area contributed by atoms with Gasteiger partial charge in [-0.05, 0) is 48.9 Å². The minimum Gasteiger partial charge on any atom is -0.469 e. The Kier molecular flexibility index (Phi) is 24.4. The largest absolute Gasteiger partial charge is 0.469 e. The average molecular weight is 1110 g/mol. The van der Waals surface area contributed by atoms with Crippen molar-refractivity contribution in [2.24, 2.45) is 0 Å². The smallest absolute Gasteiger partial charge is 0.397 e. The zero-order valence-electron chi connectivity index (χ0n) is 44.9. The molecule has 3 saturated heterocycles. The molecule has 0 radical (unpaired) electrons. The Labute approximate surface area is 458 Å². The van der Waals surface area contributed by atoms with E-state index in [4.69, 9.17) is 56.3 Å². The molecule has 3 aliphatic rings. The minimum absolute atomic E-state index is 0.102. The van der Waals surface area contributed by atoms with E-state index in [9.17, 15) is 27.7 Å². The van der Waals surface area contributed by atoms with Gasteiger partial charge >= 0.3 is 16.4 Å². The second kappa shape index (κ2) is 31.3. The van der Waals surface area contributed by atoms with Crippen LogP contribution in [-0.2, 0) is 103 Å². The fourth-order valence-electron chi connectivity index (χ4n) is 9.80. The molecule has 0 spiro atoms. The van der Waals surface area contributed by atoms with Crippen molar-refractivity contribution in [3.8, 4) is 0 Å². The van der Waals surface area contributed by atoms with Gasteiger partial charge in [0.15, 0.2) is 18.9 Å². The molecule has 3 aliphatic heterocycles. The Bertz CT molecular complexity index is 2460. The van der Waals surface area contributed by atoms with Crippen LogP contribution in [0, 0.1) is 0 Å². The van der Waals surface area contributed by atoms with Gasteiger partial charge in [0.1, 0.15) is 54.9 Å². The van der Waals surface area contributed by atoms with Crippen LogP contribution in [0.1, 0.15) is 94.4 Å². The number of esters is 1. The van der Waals surface area contributed by atoms with Crippen LogP contribution < -0.4 is 5.32 Å². The van der Waals surface area contributed by atoms with Crippen molar-refractivity contribution < 1.29 is 84.0 Å². The normalized spacial score (nSPS) is 28.4. The van der Waals surface area contributed by atoms with Gasteiger partial charge in [-0.2, -0.15) is 8.42 Å². The molecule has 0 bridgehead atoms. The van der Waals surface area contributed by atoms with Gasteiger partial charge in [-0.15, -0.1) is 0 Å². The molecule has 0 saturated carbocycles. The van der Waals surface area contributed by atoms with E-state index in [1.165, 1.54) is 14.0 Å². The van der Waals surface area contributed by atoms with Crippen molar-refractivity contribution in [3.05, 3.63) is 144 Å². The number of carbonyl (C=O) groups is 2. The van der Waals surface area contributed by atoms with Crippen molar-refractivity contribution in [2.45, 2.75) is 185 Å². The lowest BCUT2D eigenvalue weighted by Crippen LogP contribution is -2.69. The summed E-state index contributed by atoms with van der Waals surface area (Å²) in [7, 11) is -3.65. The SMILES string of the molecule is COC(=O)CCCCCCCCO[C@@H]1O[C@H](COCc2ccccc2)[C@@H](O[C@@H]2O[C@H](C)C[C@H](OS(=O)(=O)O)[C@H]2O)[C@H](O[C@@H]2O[C@@H](C)[C@@H](OCc3ccccc3)[C@@H](OCc3ccccc3)[C@@H]2OCc2ccccc2)[C@H]1NC(C)=O. The Morgan fingerprint density at radius 3 is 1.67 bits per heavy atom. The summed E-state index contributed by atoms with van der Waals surface area (Å²) in [5, 5.41) is 14.8. The Morgan fingerprint density at radius 1 is 0.603 bits per heavy atom. The van der Waals surface area contributed by atoms with E-state index < -0.39 is 102 Å². The fraction of sp³-hybridized carbons (Fsp3) is 0.552. The lowest BCUT2D eigenvalue weighted by molar-refractivity contribution is -0.374. The van der Waals surface area contributed by atoms with Crippen LogP contribution in [0.2, 0.25) is 0 Å². The lowest BCUT2D eigenvalue weighted by Gasteiger charge is -2.51. The number of unbranched alkanes of at least 4 members (excludes halogenated alkanes) is 5. The van der Waals surface area contributed by atoms with Crippen molar-refractivity contribution in [3.63, 3.8) is 0 Å². The van der Waals surface area contributed by atoms with Crippen molar-refractivity contribution in [2.75, 3.05) is 20.3 Å². The third-order valence-electron chi connectivity index (χ3n) is 13.7. The van der Waals surface area contributed by atoms with Crippen LogP contribution in [0.25, 0.3) is 0 Å². The Balaban J connectivity index is 1.26. The summed E-state index contributed by atoms with van der Waals surface area (Å²) in [6.45, 7) is 5.57. The summed E-state index contributed by atoms with van der Waals surface area (Å²) < 4.78 is 111. The van der Waals surface area contributed by atoms with Crippen LogP contribution in [0.4, 0.5) is 0 Å². The van der Waals surface area contributed by atoms with Crippen LogP contribution >= 0.6 is 0 Å². The predicted octanol–water partition coefficient (Wildman–Crippen LogP) is 7.31. The van der Waals surface area contributed by atoms with Crippen LogP contribution in [0.5, 0.6) is 0 Å². The number of aliphatic hydroxyl groups excluding tert-OH is 1. The summed E-state index contributed by atoms with van der Waals surface area (Å²) in [6, 6.07) is 37.4. The third kappa shape index (κ3) is 19.2. The molecular formula is C58H77NO18S. The number of aliphatic hydroxyl groups is 1. The maximum absolute atomic E-state index is 13.5. The fourth-order valence-corrected chi connectivity index (χ4v) is 10.3. The van der Waals surface area contributed by atoms with Crippen LogP contribution in [-0.4, -0.2) is 136 Å². The quantitative estimate of drug-likeness (QED) is 0.0264. The molecule has 19 nitrogen and oxygen atoms in total. The maximum atomic E-state index is 13.5. The van der Waals surface area contributed by atoms with E-state index in [0.717, 1.165) is 54.4 Å². The summed E-state index contributed by atoms with van der Waals surface area (Å²) in [4.78, 5) is 25.1. The van der Waals surface area contributed by atoms with Gasteiger partial charge in [-0.25, -0.2) is 4.18 Å². The van der Waals surface area contributed by atoms with E-state index in [1.807, 2.05) is 128 Å². The number of methoxy groups -OCH3 is 1. The van der Waals surface area contributed by atoms with Crippen molar-refractivity contribution in [1.82, 2.24) is 5.32 Å². The molecule has 3 fully saturated rings. The number of ether oxygens (including phenoxy) is 11. The van der Waals surface area contributed by atoms with Crippen molar-refractivity contribution >= 4 is 22.3 Å². The molecule has 3 heterocycles. The first kappa shape index (κ1) is 60.9. The lowest BCUT2D eigenvalue weighted by atomic mass is 9.94. The summed E-state index contributed by atoms with van der Waals surface area (Å²) >= 11 is 0. The number of benzene rings is 4. The zero-order chi connectivity index (χ0) is 55.3. The summed E-state index contributed by atoms with van der Waals surface area (Å²) in [5.41, 5.74) is 3.55. The third-order valence-corrected chi connectivity index (χ3v) is 14.2. The number of nitrogens with one attached hydrogen (secondary N) is 1. The molecule has 428 valence electrons. The molecular weight excluding hydrogens is 1030 g/mol. The first-order valence-electron chi connectivity index (χ1n) is 26.9. The van der Waals surface area contributed by atoms with Gasteiger partial charge in [0.25, 0.3) is 0 Å². The van der Waals surface area contributed by atoms with E-state index in [-0.39, 0.29) is 52.0 Å². The summed E-state index contributed by atoms with van der Waals surface area (Å²) in [6.07, 6.45) is -9.97. The van der Waals surface area contributed by atoms with E-state index in [2.05, 4.69) is 5.32 Å². The first-order chi connectivity index (χ1) is 37.7. The van der Waals surface area contributed by atoms with Gasteiger partial charge in [0, 0.05) is 26.4 Å². The molecule has 4 aromatic carbocycles. The minimum atomic E-state index is -5.03. The molecule has 78 heavy (non-hydrogen) atoms. The molecule has 0 unspecified atom stereocenters. The van der Waals surface area contributed by atoms with Crippen LogP contribution in [0.3, 0.4) is 0 Å². The van der Waals surface area contributed by atoms with Gasteiger partial charge in [-0.1, -0.05) is 147 Å². The van der Waals surface area contributed by atoms with E-state index >= 15 is 0 Å². The molecule has 14 atom stereocenters. The van der Waals surface area contributed by atoms with E-state index in [1.54, 1.807) is 6.92 Å². The number of carbonyl (C=O) groups excluding carboxylic acids is 2. The topological polar surface area (TPSA) is 232 Å². The van der Waals surface area contributed by atoms with Gasteiger partial charge < -0.3 is 62.5 Å². The van der Waals surface area contributed by atoms with Gasteiger partial charge in [0.2, 0.25) is 5.91 Å². The molecule has 20 heteroatoms. The maximum Gasteiger partial charge on any atom is 0.397 e. The number of amides is 1. The molecule has 4 aromatic rings. The zero-order valence-corrected chi connectivity index (χ0v) is 45.7. The van der Waals surface area contributed by atoms with E-state index in [0.29, 0.717) is 12.8 Å². The molecule has 7 rings (SSSR count). The second-order valence-electron chi connectivity index (χ2n) is 19.9. The van der Waals surface area contributed by atoms with Gasteiger partial charge in [0.05, 0.1) is 52.4 Å². The number of hydrogen-bond donors (Lipinski definition) is 3. The monoisotopic (exact) mass is 1110 g/mol. The highest BCUT2D eigenvalue weighted by Crippen LogP contribution is 2.37.